The minimum absolute atomic E-state index is 0.135. The number of nitrogens with zero attached hydrogens (tertiary/aromatic N) is 2. The van der Waals surface area contributed by atoms with Gasteiger partial charge in [-0.15, -0.1) is 0 Å². The maximum absolute atomic E-state index is 9.04. The SMILES string of the molecule is Cc1ccccc1C(C)Nc1ccc(C#N)c(C#N)c1. The molecule has 2 aromatic rings. The highest BCUT2D eigenvalue weighted by Crippen LogP contribution is 2.23. The van der Waals surface area contributed by atoms with Gasteiger partial charge in [-0.3, -0.25) is 0 Å². The molecule has 0 spiro atoms. The van der Waals surface area contributed by atoms with Crippen LogP contribution in [-0.4, -0.2) is 0 Å². The van der Waals surface area contributed by atoms with Crippen molar-refractivity contribution in [3.63, 3.8) is 0 Å². The van der Waals surface area contributed by atoms with Crippen molar-refractivity contribution < 1.29 is 0 Å². The van der Waals surface area contributed by atoms with E-state index in [0.717, 1.165) is 5.69 Å². The maximum atomic E-state index is 9.04. The van der Waals surface area contributed by atoms with Crippen LogP contribution in [0.25, 0.3) is 0 Å². The highest BCUT2D eigenvalue weighted by molar-refractivity contribution is 5.57. The molecular weight excluding hydrogens is 246 g/mol. The molecular formula is C17H15N3. The Morgan fingerprint density at radius 2 is 1.70 bits per heavy atom. The maximum Gasteiger partial charge on any atom is 0.101 e. The van der Waals surface area contributed by atoms with Gasteiger partial charge in [0.2, 0.25) is 0 Å². The Hall–Kier alpha value is -2.78. The Labute approximate surface area is 119 Å². The smallest absolute Gasteiger partial charge is 0.101 e. The van der Waals surface area contributed by atoms with E-state index in [1.807, 2.05) is 30.3 Å². The molecule has 2 rings (SSSR count). The first-order valence-electron chi connectivity index (χ1n) is 6.42. The minimum Gasteiger partial charge on any atom is -0.378 e. The summed E-state index contributed by atoms with van der Waals surface area (Å²) in [5.74, 6) is 0. The number of benzene rings is 2. The van der Waals surface area contributed by atoms with Gasteiger partial charge in [0.25, 0.3) is 0 Å². The lowest BCUT2D eigenvalue weighted by Gasteiger charge is -2.18. The van der Waals surface area contributed by atoms with Crippen molar-refractivity contribution in [1.29, 1.82) is 10.5 Å². The lowest BCUT2D eigenvalue weighted by molar-refractivity contribution is 0.874. The Morgan fingerprint density at radius 3 is 2.35 bits per heavy atom. The van der Waals surface area contributed by atoms with Crippen molar-refractivity contribution in [1.82, 2.24) is 0 Å². The van der Waals surface area contributed by atoms with Crippen molar-refractivity contribution >= 4 is 5.69 Å². The van der Waals surface area contributed by atoms with Crippen LogP contribution in [0.1, 0.15) is 35.2 Å². The zero-order valence-corrected chi connectivity index (χ0v) is 11.5. The number of nitriles is 2. The van der Waals surface area contributed by atoms with Gasteiger partial charge < -0.3 is 5.32 Å². The molecule has 0 saturated carbocycles. The second kappa shape index (κ2) is 5.91. The van der Waals surface area contributed by atoms with Crippen molar-refractivity contribution in [3.8, 4) is 12.1 Å². The Bertz CT molecular complexity index is 705. The van der Waals surface area contributed by atoms with E-state index in [2.05, 4.69) is 31.3 Å². The highest BCUT2D eigenvalue weighted by Gasteiger charge is 2.09. The molecule has 0 saturated heterocycles. The van der Waals surface area contributed by atoms with E-state index in [9.17, 15) is 0 Å². The van der Waals surface area contributed by atoms with Crippen molar-refractivity contribution in [2.45, 2.75) is 19.9 Å². The van der Waals surface area contributed by atoms with Gasteiger partial charge in [-0.1, -0.05) is 24.3 Å². The van der Waals surface area contributed by atoms with Gasteiger partial charge in [0, 0.05) is 11.7 Å². The van der Waals surface area contributed by atoms with Gasteiger partial charge in [-0.2, -0.15) is 10.5 Å². The molecule has 0 heterocycles. The van der Waals surface area contributed by atoms with E-state index in [4.69, 9.17) is 10.5 Å². The van der Waals surface area contributed by atoms with E-state index in [1.54, 1.807) is 12.1 Å². The summed E-state index contributed by atoms with van der Waals surface area (Å²) >= 11 is 0. The Kier molecular flexibility index (Phi) is 4.03. The van der Waals surface area contributed by atoms with E-state index in [-0.39, 0.29) is 6.04 Å². The molecule has 1 atom stereocenters. The van der Waals surface area contributed by atoms with Crippen LogP contribution in [0.3, 0.4) is 0 Å². The number of rotatable bonds is 3. The van der Waals surface area contributed by atoms with Crippen LogP contribution in [0.5, 0.6) is 0 Å². The van der Waals surface area contributed by atoms with Crippen molar-refractivity contribution in [2.75, 3.05) is 5.32 Å². The number of anilines is 1. The van der Waals surface area contributed by atoms with Gasteiger partial charge in [-0.25, -0.2) is 0 Å². The van der Waals surface area contributed by atoms with Crippen molar-refractivity contribution in [2.24, 2.45) is 0 Å². The summed E-state index contributed by atoms with van der Waals surface area (Å²) in [4.78, 5) is 0. The summed E-state index contributed by atoms with van der Waals surface area (Å²) < 4.78 is 0. The molecule has 0 bridgehead atoms. The molecule has 0 aromatic heterocycles. The summed E-state index contributed by atoms with van der Waals surface area (Å²) in [6, 6.07) is 17.6. The van der Waals surface area contributed by atoms with Crippen LogP contribution in [-0.2, 0) is 0 Å². The standard InChI is InChI=1S/C17H15N3/c1-12-5-3-4-6-17(12)13(2)20-16-8-7-14(10-18)15(9-16)11-19/h3-9,13,20H,1-2H3. The number of nitrogens with one attached hydrogen (secondary N) is 1. The van der Waals surface area contributed by atoms with E-state index < -0.39 is 0 Å². The van der Waals surface area contributed by atoms with Gasteiger partial charge in [-0.05, 0) is 43.2 Å². The van der Waals surface area contributed by atoms with Crippen LogP contribution >= 0.6 is 0 Å². The molecule has 1 unspecified atom stereocenters. The topological polar surface area (TPSA) is 59.6 Å². The number of hydrogen-bond acceptors (Lipinski definition) is 3. The molecule has 0 aliphatic heterocycles. The van der Waals surface area contributed by atoms with Crippen LogP contribution < -0.4 is 5.32 Å². The number of aryl methyl sites for hydroxylation is 1. The summed E-state index contributed by atoms with van der Waals surface area (Å²) in [7, 11) is 0. The van der Waals surface area contributed by atoms with Crippen LogP contribution in [0.2, 0.25) is 0 Å². The summed E-state index contributed by atoms with van der Waals surface area (Å²) in [6.07, 6.45) is 0. The Balaban J connectivity index is 2.25. The normalized spacial score (nSPS) is 11.2. The summed E-state index contributed by atoms with van der Waals surface area (Å²) in [5, 5.41) is 21.3. The monoisotopic (exact) mass is 261 g/mol. The second-order valence-electron chi connectivity index (χ2n) is 4.71. The fraction of sp³-hybridized carbons (Fsp3) is 0.176. The lowest BCUT2D eigenvalue weighted by atomic mass is 10.0. The number of hydrogen-bond donors (Lipinski definition) is 1. The molecule has 0 radical (unpaired) electrons. The highest BCUT2D eigenvalue weighted by atomic mass is 14.9. The predicted octanol–water partition coefficient (Wildman–Crippen LogP) is 3.91. The first kappa shape index (κ1) is 13.6. The molecule has 20 heavy (non-hydrogen) atoms. The van der Waals surface area contributed by atoms with Gasteiger partial charge in [0.15, 0.2) is 0 Å². The predicted molar refractivity (Wildman–Crippen MR) is 79.1 cm³/mol. The first-order chi connectivity index (χ1) is 9.65. The largest absolute Gasteiger partial charge is 0.378 e. The van der Waals surface area contributed by atoms with Crippen molar-refractivity contribution in [3.05, 3.63) is 64.7 Å². The average molecular weight is 261 g/mol. The molecule has 1 N–H and O–H groups in total. The Morgan fingerprint density at radius 1 is 1.00 bits per heavy atom. The molecule has 2 aromatic carbocycles. The fourth-order valence-electron chi connectivity index (χ4n) is 2.22. The molecule has 98 valence electrons. The summed E-state index contributed by atoms with van der Waals surface area (Å²) in [5.41, 5.74) is 4.09. The van der Waals surface area contributed by atoms with Crippen LogP contribution in [0, 0.1) is 29.6 Å². The van der Waals surface area contributed by atoms with Gasteiger partial charge in [0.1, 0.15) is 12.1 Å². The first-order valence-corrected chi connectivity index (χ1v) is 6.42. The third-order valence-corrected chi connectivity index (χ3v) is 3.30. The van der Waals surface area contributed by atoms with Gasteiger partial charge in [0.05, 0.1) is 11.1 Å². The van der Waals surface area contributed by atoms with Crippen LogP contribution in [0.4, 0.5) is 5.69 Å². The fourth-order valence-corrected chi connectivity index (χ4v) is 2.22. The molecule has 0 fully saturated rings. The van der Waals surface area contributed by atoms with Gasteiger partial charge >= 0.3 is 0 Å². The van der Waals surface area contributed by atoms with E-state index in [0.29, 0.717) is 11.1 Å². The van der Waals surface area contributed by atoms with E-state index >= 15 is 0 Å². The quantitative estimate of drug-likeness (QED) is 0.911. The zero-order chi connectivity index (χ0) is 14.5. The molecule has 0 amide bonds. The third-order valence-electron chi connectivity index (χ3n) is 3.30. The van der Waals surface area contributed by atoms with Crippen LogP contribution in [0.15, 0.2) is 42.5 Å². The second-order valence-corrected chi connectivity index (χ2v) is 4.71. The lowest BCUT2D eigenvalue weighted by Crippen LogP contribution is -2.08. The average Bonchev–Trinajstić information content (AvgIpc) is 2.47. The third kappa shape index (κ3) is 2.79. The molecule has 3 heteroatoms. The minimum atomic E-state index is 0.135. The zero-order valence-electron chi connectivity index (χ0n) is 11.5. The molecule has 3 nitrogen and oxygen atoms in total. The molecule has 0 aliphatic carbocycles. The summed E-state index contributed by atoms with van der Waals surface area (Å²) in [6.45, 7) is 4.15. The van der Waals surface area contributed by atoms with E-state index in [1.165, 1.54) is 11.1 Å². The molecule has 0 aliphatic rings.